The topological polar surface area (TPSA) is 80.3 Å². The summed E-state index contributed by atoms with van der Waals surface area (Å²) in [6.07, 6.45) is 8.91. The van der Waals surface area contributed by atoms with Crippen LogP contribution in [0.3, 0.4) is 0 Å². The smallest absolute Gasteiger partial charge is 0.158 e. The van der Waals surface area contributed by atoms with Crippen LogP contribution in [0, 0.1) is 6.92 Å². The fraction of sp³-hybridized carbons (Fsp3) is 0.278. The van der Waals surface area contributed by atoms with Gasteiger partial charge in [-0.25, -0.2) is 24.1 Å². The molecule has 9 nitrogen and oxygen atoms in total. The van der Waals surface area contributed by atoms with Crippen LogP contribution in [-0.4, -0.2) is 60.5 Å². The molecule has 4 aromatic heterocycles. The first-order valence-corrected chi connectivity index (χ1v) is 8.91. The Balaban J connectivity index is 1.35. The number of piperazine rings is 1. The molecular weight excluding hydrogens is 342 g/mol. The lowest BCUT2D eigenvalue weighted by Gasteiger charge is -2.36. The van der Waals surface area contributed by atoms with E-state index in [1.165, 1.54) is 0 Å². The van der Waals surface area contributed by atoms with Crippen LogP contribution in [0.4, 0.5) is 11.6 Å². The van der Waals surface area contributed by atoms with Crippen LogP contribution in [0.2, 0.25) is 0 Å². The van der Waals surface area contributed by atoms with Crippen molar-refractivity contribution in [3.63, 3.8) is 0 Å². The Kier molecular flexibility index (Phi) is 3.70. The van der Waals surface area contributed by atoms with Crippen molar-refractivity contribution in [3.05, 3.63) is 55.0 Å². The fourth-order valence-corrected chi connectivity index (χ4v) is 3.46. The molecular formula is C18H19N9. The Morgan fingerprint density at radius 2 is 1.67 bits per heavy atom. The summed E-state index contributed by atoms with van der Waals surface area (Å²) in [6, 6.07) is 5.93. The molecule has 1 saturated heterocycles. The molecule has 4 aromatic rings. The summed E-state index contributed by atoms with van der Waals surface area (Å²) in [5, 5.41) is 8.72. The molecule has 0 unspecified atom stereocenters. The molecule has 1 aliphatic rings. The van der Waals surface area contributed by atoms with Crippen LogP contribution in [0.15, 0.2) is 49.3 Å². The van der Waals surface area contributed by atoms with Gasteiger partial charge < -0.3 is 9.80 Å². The molecule has 27 heavy (non-hydrogen) atoms. The predicted molar refractivity (Wildman–Crippen MR) is 101 cm³/mol. The van der Waals surface area contributed by atoms with Crippen LogP contribution < -0.4 is 9.80 Å². The van der Waals surface area contributed by atoms with E-state index in [4.69, 9.17) is 0 Å². The van der Waals surface area contributed by atoms with Crippen LogP contribution in [0.25, 0.3) is 11.3 Å². The minimum Gasteiger partial charge on any atom is -0.353 e. The van der Waals surface area contributed by atoms with E-state index in [0.717, 1.165) is 54.8 Å². The van der Waals surface area contributed by atoms with Crippen molar-refractivity contribution in [2.24, 2.45) is 0 Å². The van der Waals surface area contributed by atoms with E-state index < -0.39 is 0 Å². The Bertz CT molecular complexity index is 1060. The molecule has 0 radical (unpaired) electrons. The third-order valence-corrected chi connectivity index (χ3v) is 4.77. The molecule has 9 heteroatoms. The van der Waals surface area contributed by atoms with Gasteiger partial charge in [0.25, 0.3) is 0 Å². The number of rotatable bonds is 3. The molecule has 0 spiro atoms. The van der Waals surface area contributed by atoms with Gasteiger partial charge in [0, 0.05) is 57.0 Å². The predicted octanol–water partition coefficient (Wildman–Crippen LogP) is 1.34. The zero-order chi connectivity index (χ0) is 18.2. The molecule has 0 atom stereocenters. The van der Waals surface area contributed by atoms with E-state index >= 15 is 0 Å². The minimum atomic E-state index is 0.772. The standard InChI is InChI=1S/C18H19N9/c1-14-11-15-18(19-4-6-26(15)23-14)25-9-7-24(8-10-25)16-12-17(21-13-20-16)27-5-2-3-22-27/h2-6,11-13H,7-10H2,1H3. The Hall–Kier alpha value is -3.49. The maximum Gasteiger partial charge on any atom is 0.158 e. The highest BCUT2D eigenvalue weighted by Crippen LogP contribution is 2.22. The SMILES string of the molecule is Cc1cc2c(N3CCN(c4cc(-n5cccn5)ncn4)CC3)nccn2n1. The summed E-state index contributed by atoms with van der Waals surface area (Å²) in [5.74, 6) is 2.67. The number of anilines is 2. The van der Waals surface area contributed by atoms with E-state index in [1.54, 1.807) is 17.2 Å². The number of nitrogens with zero attached hydrogens (tertiary/aromatic N) is 9. The highest BCUT2D eigenvalue weighted by atomic mass is 15.3. The van der Waals surface area contributed by atoms with Gasteiger partial charge >= 0.3 is 0 Å². The number of fused-ring (bicyclic) bond motifs is 1. The number of hydrogen-bond acceptors (Lipinski definition) is 7. The van der Waals surface area contributed by atoms with E-state index in [0.29, 0.717) is 0 Å². The molecule has 1 fully saturated rings. The van der Waals surface area contributed by atoms with Gasteiger partial charge in [-0.05, 0) is 19.1 Å². The molecule has 0 aliphatic carbocycles. The van der Waals surface area contributed by atoms with E-state index in [1.807, 2.05) is 42.2 Å². The van der Waals surface area contributed by atoms with Gasteiger partial charge in [0.1, 0.15) is 17.7 Å². The van der Waals surface area contributed by atoms with Gasteiger partial charge in [0.2, 0.25) is 0 Å². The van der Waals surface area contributed by atoms with Crippen LogP contribution >= 0.6 is 0 Å². The zero-order valence-electron chi connectivity index (χ0n) is 15.0. The van der Waals surface area contributed by atoms with Gasteiger partial charge in [-0.3, -0.25) is 0 Å². The largest absolute Gasteiger partial charge is 0.353 e. The van der Waals surface area contributed by atoms with Crippen molar-refractivity contribution < 1.29 is 0 Å². The lowest BCUT2D eigenvalue weighted by Crippen LogP contribution is -2.47. The lowest BCUT2D eigenvalue weighted by molar-refractivity contribution is 0.640. The van der Waals surface area contributed by atoms with Crippen LogP contribution in [0.5, 0.6) is 0 Å². The van der Waals surface area contributed by atoms with Gasteiger partial charge in [0.15, 0.2) is 11.6 Å². The Morgan fingerprint density at radius 1 is 0.852 bits per heavy atom. The summed E-state index contributed by atoms with van der Waals surface area (Å²) in [5.41, 5.74) is 2.04. The normalized spacial score (nSPS) is 14.9. The second-order valence-electron chi connectivity index (χ2n) is 6.53. The molecule has 0 aromatic carbocycles. The lowest BCUT2D eigenvalue weighted by atomic mass is 10.3. The average molecular weight is 361 g/mol. The second kappa shape index (κ2) is 6.35. The summed E-state index contributed by atoms with van der Waals surface area (Å²) < 4.78 is 3.64. The van der Waals surface area contributed by atoms with Crippen LogP contribution in [-0.2, 0) is 0 Å². The zero-order valence-corrected chi connectivity index (χ0v) is 15.0. The first-order chi connectivity index (χ1) is 13.3. The number of hydrogen-bond donors (Lipinski definition) is 0. The molecule has 5 heterocycles. The van der Waals surface area contributed by atoms with Gasteiger partial charge in [-0.1, -0.05) is 0 Å². The summed E-state index contributed by atoms with van der Waals surface area (Å²) >= 11 is 0. The molecule has 0 bridgehead atoms. The highest BCUT2D eigenvalue weighted by molar-refractivity contribution is 5.69. The number of aromatic nitrogens is 7. The van der Waals surface area contributed by atoms with Crippen LogP contribution in [0.1, 0.15) is 5.69 Å². The molecule has 0 saturated carbocycles. The minimum absolute atomic E-state index is 0.772. The monoisotopic (exact) mass is 361 g/mol. The van der Waals surface area contributed by atoms with Crippen molar-refractivity contribution in [3.8, 4) is 5.82 Å². The molecule has 1 aliphatic heterocycles. The van der Waals surface area contributed by atoms with Gasteiger partial charge in [0.05, 0.1) is 5.69 Å². The Morgan fingerprint density at radius 3 is 2.48 bits per heavy atom. The van der Waals surface area contributed by atoms with E-state index in [-0.39, 0.29) is 0 Å². The van der Waals surface area contributed by atoms with Crippen molar-refractivity contribution in [1.82, 2.24) is 34.3 Å². The third-order valence-electron chi connectivity index (χ3n) is 4.77. The molecule has 5 rings (SSSR count). The number of aryl methyl sites for hydroxylation is 1. The van der Waals surface area contributed by atoms with E-state index in [9.17, 15) is 0 Å². The first-order valence-electron chi connectivity index (χ1n) is 8.91. The molecule has 0 N–H and O–H groups in total. The van der Waals surface area contributed by atoms with Crippen molar-refractivity contribution >= 4 is 17.2 Å². The average Bonchev–Trinajstić information content (AvgIpc) is 3.37. The summed E-state index contributed by atoms with van der Waals surface area (Å²) in [6.45, 7) is 5.48. The fourth-order valence-electron chi connectivity index (χ4n) is 3.46. The molecule has 136 valence electrons. The highest BCUT2D eigenvalue weighted by Gasteiger charge is 2.21. The molecule has 0 amide bonds. The van der Waals surface area contributed by atoms with E-state index in [2.05, 4.69) is 41.0 Å². The van der Waals surface area contributed by atoms with Crippen molar-refractivity contribution in [2.45, 2.75) is 6.92 Å². The van der Waals surface area contributed by atoms with Gasteiger partial charge in [-0.2, -0.15) is 10.2 Å². The summed E-state index contributed by atoms with van der Waals surface area (Å²) in [4.78, 5) is 17.9. The first kappa shape index (κ1) is 15.7. The Labute approximate surface area is 155 Å². The second-order valence-corrected chi connectivity index (χ2v) is 6.53. The quantitative estimate of drug-likeness (QED) is 0.545. The van der Waals surface area contributed by atoms with Crippen molar-refractivity contribution in [2.75, 3.05) is 36.0 Å². The van der Waals surface area contributed by atoms with Gasteiger partial charge in [-0.15, -0.1) is 0 Å². The third kappa shape index (κ3) is 2.86. The van der Waals surface area contributed by atoms with Crippen molar-refractivity contribution in [1.29, 1.82) is 0 Å². The maximum absolute atomic E-state index is 4.60. The summed E-state index contributed by atoms with van der Waals surface area (Å²) in [7, 11) is 0. The maximum atomic E-state index is 4.60.